The van der Waals surface area contributed by atoms with Crippen LogP contribution in [0.5, 0.6) is 11.5 Å². The van der Waals surface area contributed by atoms with Gasteiger partial charge in [-0.05, 0) is 24.1 Å². The highest BCUT2D eigenvalue weighted by molar-refractivity contribution is 5.88. The number of aryl methyl sites for hydroxylation is 1. The average molecular weight is 300 g/mol. The van der Waals surface area contributed by atoms with Gasteiger partial charge in [-0.15, -0.1) is 0 Å². The standard InChI is InChI=1S/C16H16N2O4/c1-10-7-12(19)8-14(20)13(10)9-17-18-16(22)15(21)11-5-3-2-4-6-11/h2-9,15,19-21H,1H3,(H,18,22)/b17-9-/t15-/m1/s1. The van der Waals surface area contributed by atoms with Crippen molar-refractivity contribution in [2.75, 3.05) is 0 Å². The van der Waals surface area contributed by atoms with Crippen LogP contribution in [0.4, 0.5) is 0 Å². The topological polar surface area (TPSA) is 102 Å². The third-order valence-electron chi connectivity index (χ3n) is 3.08. The summed E-state index contributed by atoms with van der Waals surface area (Å²) in [4.78, 5) is 11.8. The summed E-state index contributed by atoms with van der Waals surface area (Å²) in [7, 11) is 0. The molecule has 4 N–H and O–H groups in total. The number of hydrazone groups is 1. The van der Waals surface area contributed by atoms with E-state index in [1.54, 1.807) is 37.3 Å². The van der Waals surface area contributed by atoms with E-state index in [0.717, 1.165) is 0 Å². The number of carbonyl (C=O) groups is 1. The van der Waals surface area contributed by atoms with E-state index in [9.17, 15) is 20.1 Å². The van der Waals surface area contributed by atoms with Crippen LogP contribution in [0, 0.1) is 6.92 Å². The summed E-state index contributed by atoms with van der Waals surface area (Å²) in [6.07, 6.45) is -0.0763. The Balaban J connectivity index is 2.05. The van der Waals surface area contributed by atoms with Crippen molar-refractivity contribution in [3.05, 3.63) is 59.2 Å². The smallest absolute Gasteiger partial charge is 0.273 e. The fourth-order valence-electron chi connectivity index (χ4n) is 1.94. The van der Waals surface area contributed by atoms with Crippen LogP contribution in [-0.2, 0) is 4.79 Å². The largest absolute Gasteiger partial charge is 0.508 e. The molecule has 6 nitrogen and oxygen atoms in total. The van der Waals surface area contributed by atoms with E-state index in [-0.39, 0.29) is 11.5 Å². The van der Waals surface area contributed by atoms with Gasteiger partial charge in [0.15, 0.2) is 6.10 Å². The number of carbonyl (C=O) groups excluding carboxylic acids is 1. The van der Waals surface area contributed by atoms with Gasteiger partial charge in [0.1, 0.15) is 11.5 Å². The van der Waals surface area contributed by atoms with Gasteiger partial charge < -0.3 is 15.3 Å². The molecule has 0 unspecified atom stereocenters. The number of rotatable bonds is 4. The van der Waals surface area contributed by atoms with Crippen molar-refractivity contribution in [1.82, 2.24) is 5.43 Å². The van der Waals surface area contributed by atoms with Crippen LogP contribution in [-0.4, -0.2) is 27.4 Å². The third kappa shape index (κ3) is 3.62. The van der Waals surface area contributed by atoms with Crippen LogP contribution in [0.15, 0.2) is 47.6 Å². The van der Waals surface area contributed by atoms with Crippen LogP contribution in [0.1, 0.15) is 22.8 Å². The lowest BCUT2D eigenvalue weighted by Crippen LogP contribution is -2.25. The Bertz CT molecular complexity index is 676. The average Bonchev–Trinajstić information content (AvgIpc) is 2.49. The summed E-state index contributed by atoms with van der Waals surface area (Å²) in [6.45, 7) is 1.68. The van der Waals surface area contributed by atoms with Crippen LogP contribution in [0.2, 0.25) is 0 Å². The second kappa shape index (κ2) is 6.73. The van der Waals surface area contributed by atoms with E-state index in [2.05, 4.69) is 10.5 Å². The highest BCUT2D eigenvalue weighted by Crippen LogP contribution is 2.25. The monoisotopic (exact) mass is 300 g/mol. The van der Waals surface area contributed by atoms with E-state index >= 15 is 0 Å². The molecule has 2 aromatic rings. The highest BCUT2D eigenvalue weighted by atomic mass is 16.3. The lowest BCUT2D eigenvalue weighted by atomic mass is 10.1. The summed E-state index contributed by atoms with van der Waals surface area (Å²) in [5.41, 5.74) is 3.63. The molecule has 2 aromatic carbocycles. The highest BCUT2D eigenvalue weighted by Gasteiger charge is 2.16. The van der Waals surface area contributed by atoms with Gasteiger partial charge in [0, 0.05) is 11.6 Å². The Morgan fingerprint density at radius 1 is 1.23 bits per heavy atom. The molecular formula is C16H16N2O4. The number of aromatic hydroxyl groups is 2. The number of nitrogens with zero attached hydrogens (tertiary/aromatic N) is 1. The zero-order valence-electron chi connectivity index (χ0n) is 11.9. The Hall–Kier alpha value is -2.86. The molecule has 6 heteroatoms. The molecule has 0 aromatic heterocycles. The molecule has 0 bridgehead atoms. The second-order valence-electron chi connectivity index (χ2n) is 4.74. The predicted octanol–water partition coefficient (Wildman–Crippen LogP) is 1.59. The van der Waals surface area contributed by atoms with Crippen molar-refractivity contribution in [1.29, 1.82) is 0 Å². The maximum atomic E-state index is 11.8. The molecule has 0 saturated carbocycles. The maximum absolute atomic E-state index is 11.8. The molecule has 1 atom stereocenters. The fourth-order valence-corrected chi connectivity index (χ4v) is 1.94. The summed E-state index contributed by atoms with van der Waals surface area (Å²) < 4.78 is 0. The van der Waals surface area contributed by atoms with Crippen molar-refractivity contribution in [3.63, 3.8) is 0 Å². The molecule has 114 valence electrons. The quantitative estimate of drug-likeness (QED) is 0.508. The van der Waals surface area contributed by atoms with E-state index in [1.807, 2.05) is 0 Å². The summed E-state index contributed by atoms with van der Waals surface area (Å²) >= 11 is 0. The first kappa shape index (κ1) is 15.5. The van der Waals surface area contributed by atoms with Crippen molar-refractivity contribution in [2.45, 2.75) is 13.0 Å². The normalized spacial score (nSPS) is 12.3. The molecule has 2 rings (SSSR count). The molecule has 22 heavy (non-hydrogen) atoms. The lowest BCUT2D eigenvalue weighted by Gasteiger charge is -2.09. The lowest BCUT2D eigenvalue weighted by molar-refractivity contribution is -0.129. The third-order valence-corrected chi connectivity index (χ3v) is 3.08. The Morgan fingerprint density at radius 2 is 1.91 bits per heavy atom. The van der Waals surface area contributed by atoms with Crippen LogP contribution >= 0.6 is 0 Å². The predicted molar refractivity (Wildman–Crippen MR) is 81.6 cm³/mol. The molecule has 0 aliphatic rings. The van der Waals surface area contributed by atoms with Gasteiger partial charge in [0.2, 0.25) is 0 Å². The van der Waals surface area contributed by atoms with Crippen molar-refractivity contribution in [3.8, 4) is 11.5 Å². The zero-order valence-corrected chi connectivity index (χ0v) is 11.9. The minimum atomic E-state index is -1.33. The van der Waals surface area contributed by atoms with Gasteiger partial charge in [-0.3, -0.25) is 4.79 Å². The summed E-state index contributed by atoms with van der Waals surface area (Å²) in [5, 5.41) is 32.6. The first-order valence-electron chi connectivity index (χ1n) is 6.57. The van der Waals surface area contributed by atoms with E-state index in [0.29, 0.717) is 16.7 Å². The molecule has 1 amide bonds. The van der Waals surface area contributed by atoms with Gasteiger partial charge >= 0.3 is 0 Å². The minimum Gasteiger partial charge on any atom is -0.508 e. The first-order chi connectivity index (χ1) is 10.5. The number of amides is 1. The van der Waals surface area contributed by atoms with Crippen LogP contribution in [0.25, 0.3) is 0 Å². The van der Waals surface area contributed by atoms with Crippen molar-refractivity contribution >= 4 is 12.1 Å². The van der Waals surface area contributed by atoms with E-state index < -0.39 is 12.0 Å². The van der Waals surface area contributed by atoms with Gasteiger partial charge in [-0.2, -0.15) is 5.10 Å². The van der Waals surface area contributed by atoms with E-state index in [4.69, 9.17) is 0 Å². The number of aliphatic hydroxyl groups is 1. The van der Waals surface area contributed by atoms with Crippen LogP contribution < -0.4 is 5.43 Å². The molecular weight excluding hydrogens is 284 g/mol. The van der Waals surface area contributed by atoms with E-state index in [1.165, 1.54) is 18.3 Å². The number of aliphatic hydroxyl groups excluding tert-OH is 1. The van der Waals surface area contributed by atoms with Crippen LogP contribution in [0.3, 0.4) is 0 Å². The molecule has 0 heterocycles. The maximum Gasteiger partial charge on any atom is 0.273 e. The number of hydrogen-bond acceptors (Lipinski definition) is 5. The second-order valence-corrected chi connectivity index (χ2v) is 4.74. The molecule has 0 fully saturated rings. The number of hydrogen-bond donors (Lipinski definition) is 4. The number of phenolic OH excluding ortho intramolecular Hbond substituents is 2. The molecule has 0 spiro atoms. The minimum absolute atomic E-state index is 0.0596. The molecule has 0 aliphatic carbocycles. The van der Waals surface area contributed by atoms with Gasteiger partial charge in [-0.1, -0.05) is 30.3 Å². The molecule has 0 radical (unpaired) electrons. The summed E-state index contributed by atoms with van der Waals surface area (Å²) in [6, 6.07) is 11.1. The molecule has 0 saturated heterocycles. The first-order valence-corrected chi connectivity index (χ1v) is 6.57. The Labute approximate surface area is 127 Å². The Morgan fingerprint density at radius 3 is 2.55 bits per heavy atom. The SMILES string of the molecule is Cc1cc(O)cc(O)c1/C=N\NC(=O)[C@H](O)c1ccccc1. The van der Waals surface area contributed by atoms with Gasteiger partial charge in [0.05, 0.1) is 6.21 Å². The van der Waals surface area contributed by atoms with Gasteiger partial charge in [-0.25, -0.2) is 5.43 Å². The van der Waals surface area contributed by atoms with Gasteiger partial charge in [0.25, 0.3) is 5.91 Å². The number of nitrogens with one attached hydrogen (secondary N) is 1. The Kier molecular flexibility index (Phi) is 4.75. The zero-order chi connectivity index (χ0) is 16.1. The van der Waals surface area contributed by atoms with Crippen molar-refractivity contribution < 1.29 is 20.1 Å². The number of phenols is 2. The fraction of sp³-hybridized carbons (Fsp3) is 0.125. The number of benzene rings is 2. The summed E-state index contributed by atoms with van der Waals surface area (Å²) in [5.74, 6) is -0.895. The molecule has 0 aliphatic heterocycles. The van der Waals surface area contributed by atoms with Crippen molar-refractivity contribution in [2.24, 2.45) is 5.10 Å².